The SMILES string of the molecule is C#CCNC(=O)c1ccc(NC2CCCc3sc(-c4ccc(F)cc4)nc32)nc1. The Bertz CT molecular complexity index is 1050. The first-order valence-corrected chi connectivity index (χ1v) is 10.2. The molecule has 1 aliphatic rings. The summed E-state index contributed by atoms with van der Waals surface area (Å²) in [6, 6.07) is 9.98. The van der Waals surface area contributed by atoms with Crippen LogP contribution >= 0.6 is 11.3 Å². The molecule has 0 saturated carbocycles. The Morgan fingerprint density at radius 2 is 2.10 bits per heavy atom. The van der Waals surface area contributed by atoms with Crippen LogP contribution in [0.15, 0.2) is 42.6 Å². The average molecular weight is 406 g/mol. The van der Waals surface area contributed by atoms with Gasteiger partial charge in [-0.05, 0) is 55.7 Å². The molecule has 1 aliphatic carbocycles. The number of aromatic nitrogens is 2. The molecule has 1 unspecified atom stereocenters. The molecule has 29 heavy (non-hydrogen) atoms. The van der Waals surface area contributed by atoms with E-state index in [1.165, 1.54) is 23.2 Å². The van der Waals surface area contributed by atoms with E-state index in [-0.39, 0.29) is 24.3 Å². The van der Waals surface area contributed by atoms with Gasteiger partial charge in [-0.1, -0.05) is 5.92 Å². The first-order chi connectivity index (χ1) is 14.1. The van der Waals surface area contributed by atoms with E-state index in [9.17, 15) is 9.18 Å². The van der Waals surface area contributed by atoms with Gasteiger partial charge in [0.15, 0.2) is 0 Å². The van der Waals surface area contributed by atoms with Crippen molar-refractivity contribution in [3.63, 3.8) is 0 Å². The van der Waals surface area contributed by atoms with Gasteiger partial charge in [0.2, 0.25) is 0 Å². The Labute approximate surface area is 172 Å². The van der Waals surface area contributed by atoms with Crippen molar-refractivity contribution < 1.29 is 9.18 Å². The molecule has 0 spiro atoms. The predicted molar refractivity (Wildman–Crippen MR) is 112 cm³/mol. The molecule has 0 bridgehead atoms. The number of halogens is 1. The van der Waals surface area contributed by atoms with Crippen molar-refractivity contribution in [1.29, 1.82) is 0 Å². The van der Waals surface area contributed by atoms with Gasteiger partial charge in [0.05, 0.1) is 23.8 Å². The maximum absolute atomic E-state index is 13.2. The number of hydrogen-bond donors (Lipinski definition) is 2. The van der Waals surface area contributed by atoms with Crippen LogP contribution in [0.3, 0.4) is 0 Å². The standard InChI is InChI=1S/C22H19FN4OS/c1-2-12-24-21(28)15-8-11-19(25-13-15)26-17-4-3-5-18-20(17)27-22(29-18)14-6-9-16(23)10-7-14/h1,6-11,13,17H,3-5,12H2,(H,24,28)(H,25,26). The number of thiazole rings is 1. The largest absolute Gasteiger partial charge is 0.362 e. The molecular formula is C22H19FN4OS. The molecule has 0 fully saturated rings. The van der Waals surface area contributed by atoms with Gasteiger partial charge in [0, 0.05) is 16.6 Å². The summed E-state index contributed by atoms with van der Waals surface area (Å²) in [7, 11) is 0. The highest BCUT2D eigenvalue weighted by Gasteiger charge is 2.25. The fraction of sp³-hybridized carbons (Fsp3) is 0.227. The second-order valence-corrected chi connectivity index (χ2v) is 7.83. The minimum Gasteiger partial charge on any atom is -0.362 e. The number of nitrogens with one attached hydrogen (secondary N) is 2. The lowest BCUT2D eigenvalue weighted by atomic mass is 9.97. The smallest absolute Gasteiger partial charge is 0.253 e. The quantitative estimate of drug-likeness (QED) is 0.624. The Morgan fingerprint density at radius 1 is 1.28 bits per heavy atom. The molecule has 2 N–H and O–H groups in total. The molecule has 5 nitrogen and oxygen atoms in total. The number of benzene rings is 1. The normalized spacial score (nSPS) is 15.2. The lowest BCUT2D eigenvalue weighted by molar-refractivity contribution is 0.0958. The van der Waals surface area contributed by atoms with E-state index in [1.807, 2.05) is 0 Å². The zero-order chi connectivity index (χ0) is 20.2. The Balaban J connectivity index is 1.50. The van der Waals surface area contributed by atoms with Crippen molar-refractivity contribution in [2.24, 2.45) is 0 Å². The van der Waals surface area contributed by atoms with Gasteiger partial charge in [0.25, 0.3) is 5.91 Å². The number of pyridine rings is 1. The van der Waals surface area contributed by atoms with Crippen molar-refractivity contribution in [1.82, 2.24) is 15.3 Å². The number of amides is 1. The van der Waals surface area contributed by atoms with E-state index in [0.29, 0.717) is 11.4 Å². The average Bonchev–Trinajstić information content (AvgIpc) is 3.18. The third kappa shape index (κ3) is 4.28. The van der Waals surface area contributed by atoms with Crippen LogP contribution in [0.1, 0.15) is 39.8 Å². The Kier molecular flexibility index (Phi) is 5.54. The minimum atomic E-state index is -0.253. The topological polar surface area (TPSA) is 66.9 Å². The third-order valence-corrected chi connectivity index (χ3v) is 5.92. The Hall–Kier alpha value is -3.24. The van der Waals surface area contributed by atoms with Crippen LogP contribution in [0.25, 0.3) is 10.6 Å². The Morgan fingerprint density at radius 3 is 2.83 bits per heavy atom. The molecule has 0 aliphatic heterocycles. The van der Waals surface area contributed by atoms with E-state index in [2.05, 4.69) is 21.5 Å². The summed E-state index contributed by atoms with van der Waals surface area (Å²) < 4.78 is 13.2. The number of carbonyl (C=O) groups excluding carboxylic acids is 1. The number of anilines is 1. The van der Waals surface area contributed by atoms with Crippen molar-refractivity contribution in [3.05, 3.63) is 64.5 Å². The molecule has 2 aromatic heterocycles. The van der Waals surface area contributed by atoms with E-state index < -0.39 is 0 Å². The van der Waals surface area contributed by atoms with E-state index in [0.717, 1.165) is 35.5 Å². The number of aryl methyl sites for hydroxylation is 1. The summed E-state index contributed by atoms with van der Waals surface area (Å²) >= 11 is 1.66. The van der Waals surface area contributed by atoms with Crippen molar-refractivity contribution >= 4 is 23.1 Å². The summed E-state index contributed by atoms with van der Waals surface area (Å²) in [5.41, 5.74) is 2.41. The fourth-order valence-electron chi connectivity index (χ4n) is 3.30. The molecule has 7 heteroatoms. The molecule has 3 aromatic rings. The number of fused-ring (bicyclic) bond motifs is 1. The highest BCUT2D eigenvalue weighted by molar-refractivity contribution is 7.15. The van der Waals surface area contributed by atoms with Gasteiger partial charge in [-0.15, -0.1) is 17.8 Å². The maximum Gasteiger partial charge on any atom is 0.253 e. The van der Waals surface area contributed by atoms with Crippen LogP contribution in [0, 0.1) is 18.2 Å². The van der Waals surface area contributed by atoms with Crippen LogP contribution in [0.2, 0.25) is 0 Å². The second kappa shape index (κ2) is 8.41. The van der Waals surface area contributed by atoms with Crippen LogP contribution in [0.4, 0.5) is 10.2 Å². The monoisotopic (exact) mass is 406 g/mol. The van der Waals surface area contributed by atoms with Gasteiger partial charge < -0.3 is 10.6 Å². The molecule has 2 heterocycles. The van der Waals surface area contributed by atoms with Crippen LogP contribution < -0.4 is 10.6 Å². The molecule has 0 radical (unpaired) electrons. The van der Waals surface area contributed by atoms with Crippen molar-refractivity contribution in [3.8, 4) is 22.9 Å². The van der Waals surface area contributed by atoms with Crippen LogP contribution in [-0.2, 0) is 6.42 Å². The summed E-state index contributed by atoms with van der Waals surface area (Å²) in [6.07, 6.45) is 9.69. The number of rotatable bonds is 5. The first-order valence-electron chi connectivity index (χ1n) is 9.34. The fourth-order valence-corrected chi connectivity index (χ4v) is 4.47. The summed E-state index contributed by atoms with van der Waals surface area (Å²) in [5, 5.41) is 6.95. The predicted octanol–water partition coefficient (Wildman–Crippen LogP) is 4.20. The third-order valence-electron chi connectivity index (χ3n) is 4.74. The zero-order valence-electron chi connectivity index (χ0n) is 15.6. The van der Waals surface area contributed by atoms with E-state index >= 15 is 0 Å². The minimum absolute atomic E-state index is 0.0535. The number of hydrogen-bond acceptors (Lipinski definition) is 5. The van der Waals surface area contributed by atoms with E-state index in [4.69, 9.17) is 11.4 Å². The lowest BCUT2D eigenvalue weighted by Gasteiger charge is -2.22. The zero-order valence-corrected chi connectivity index (χ0v) is 16.4. The van der Waals surface area contributed by atoms with Gasteiger partial charge >= 0.3 is 0 Å². The van der Waals surface area contributed by atoms with Gasteiger partial charge in [0.1, 0.15) is 16.6 Å². The molecular weight excluding hydrogens is 387 g/mol. The molecule has 1 aromatic carbocycles. The second-order valence-electron chi connectivity index (χ2n) is 6.74. The molecule has 1 amide bonds. The molecule has 4 rings (SSSR count). The van der Waals surface area contributed by atoms with Crippen LogP contribution in [-0.4, -0.2) is 22.4 Å². The lowest BCUT2D eigenvalue weighted by Crippen LogP contribution is -2.23. The van der Waals surface area contributed by atoms with Crippen molar-refractivity contribution in [2.45, 2.75) is 25.3 Å². The van der Waals surface area contributed by atoms with Crippen molar-refractivity contribution in [2.75, 3.05) is 11.9 Å². The summed E-state index contributed by atoms with van der Waals surface area (Å²) in [5.74, 6) is 2.56. The van der Waals surface area contributed by atoms with Crippen LogP contribution in [0.5, 0.6) is 0 Å². The first kappa shape index (κ1) is 19.1. The number of terminal acetylenes is 1. The van der Waals surface area contributed by atoms with Gasteiger partial charge in [-0.3, -0.25) is 4.79 Å². The maximum atomic E-state index is 13.2. The molecule has 146 valence electrons. The van der Waals surface area contributed by atoms with Gasteiger partial charge in [-0.2, -0.15) is 0 Å². The summed E-state index contributed by atoms with van der Waals surface area (Å²) in [4.78, 5) is 22.4. The van der Waals surface area contributed by atoms with Gasteiger partial charge in [-0.25, -0.2) is 14.4 Å². The highest BCUT2D eigenvalue weighted by atomic mass is 32.1. The molecule has 0 saturated heterocycles. The summed E-state index contributed by atoms with van der Waals surface area (Å²) in [6.45, 7) is 0.184. The number of carbonyl (C=O) groups is 1. The molecule has 1 atom stereocenters. The highest BCUT2D eigenvalue weighted by Crippen LogP contribution is 2.38. The number of nitrogens with zero attached hydrogens (tertiary/aromatic N) is 2. The van der Waals surface area contributed by atoms with E-state index in [1.54, 1.807) is 35.6 Å².